The Labute approximate surface area is 51.0 Å². The molecule has 44 valence electrons. The first-order valence-corrected chi connectivity index (χ1v) is 3.03. The van der Waals surface area contributed by atoms with Crippen molar-refractivity contribution in [2.24, 2.45) is 0 Å². The molecule has 3 nitrogen and oxygen atoms in total. The molecule has 0 atom stereocenters. The standard InChI is InChI=1S/C4H6N2OS/c1-3-2-8-4(5)6(3)7/h2H,5H2,1H3. The van der Waals surface area contributed by atoms with Crippen LogP contribution in [0.4, 0.5) is 5.13 Å². The summed E-state index contributed by atoms with van der Waals surface area (Å²) in [6.07, 6.45) is 0. The van der Waals surface area contributed by atoms with Crippen LogP contribution in [0.25, 0.3) is 0 Å². The van der Waals surface area contributed by atoms with Crippen LogP contribution in [-0.2, 0) is 0 Å². The normalized spacial score (nSPS) is 9.62. The summed E-state index contributed by atoms with van der Waals surface area (Å²) in [6.45, 7) is 1.72. The first-order chi connectivity index (χ1) is 3.72. The van der Waals surface area contributed by atoms with Crippen molar-refractivity contribution in [3.05, 3.63) is 16.3 Å². The van der Waals surface area contributed by atoms with Gasteiger partial charge < -0.3 is 5.21 Å². The van der Waals surface area contributed by atoms with E-state index in [2.05, 4.69) is 0 Å². The lowest BCUT2D eigenvalue weighted by molar-refractivity contribution is -0.592. The summed E-state index contributed by atoms with van der Waals surface area (Å²) in [4.78, 5) is 0. The molecular formula is C4H6N2OS. The van der Waals surface area contributed by atoms with Crippen molar-refractivity contribution in [3.63, 3.8) is 0 Å². The van der Waals surface area contributed by atoms with Crippen LogP contribution >= 0.6 is 11.3 Å². The number of aryl methyl sites for hydroxylation is 1. The van der Waals surface area contributed by atoms with Crippen molar-refractivity contribution in [2.45, 2.75) is 6.92 Å². The molecule has 0 bridgehead atoms. The second-order valence-electron chi connectivity index (χ2n) is 1.51. The molecular weight excluding hydrogens is 124 g/mol. The molecule has 0 saturated heterocycles. The highest BCUT2D eigenvalue weighted by Crippen LogP contribution is 2.05. The van der Waals surface area contributed by atoms with Gasteiger partial charge in [0, 0.05) is 5.38 Å². The molecule has 2 N–H and O–H groups in total. The lowest BCUT2D eigenvalue weighted by Gasteiger charge is -1.97. The average Bonchev–Trinajstić information content (AvgIpc) is 1.98. The van der Waals surface area contributed by atoms with E-state index in [0.29, 0.717) is 15.6 Å². The fraction of sp³-hybridized carbons (Fsp3) is 0.250. The monoisotopic (exact) mass is 130 g/mol. The highest BCUT2D eigenvalue weighted by atomic mass is 32.1. The number of anilines is 1. The topological polar surface area (TPSA) is 53.0 Å². The molecule has 1 heterocycles. The number of nitrogen functional groups attached to an aromatic ring is 1. The quantitative estimate of drug-likeness (QED) is 0.405. The zero-order valence-electron chi connectivity index (χ0n) is 4.42. The molecule has 0 radical (unpaired) electrons. The fourth-order valence-corrected chi connectivity index (χ4v) is 1.04. The molecule has 0 aliphatic carbocycles. The summed E-state index contributed by atoms with van der Waals surface area (Å²) in [7, 11) is 0. The third-order valence-corrected chi connectivity index (χ3v) is 1.74. The van der Waals surface area contributed by atoms with Crippen LogP contribution in [0.1, 0.15) is 5.69 Å². The fourth-order valence-electron chi connectivity index (χ4n) is 0.415. The first-order valence-electron chi connectivity index (χ1n) is 2.15. The zero-order chi connectivity index (χ0) is 6.15. The highest BCUT2D eigenvalue weighted by Gasteiger charge is 1.99. The van der Waals surface area contributed by atoms with E-state index >= 15 is 0 Å². The van der Waals surface area contributed by atoms with E-state index in [1.165, 1.54) is 11.3 Å². The molecule has 0 saturated carbocycles. The maximum atomic E-state index is 10.6. The molecule has 0 aliphatic heterocycles. The van der Waals surface area contributed by atoms with Gasteiger partial charge in [0.2, 0.25) is 0 Å². The maximum absolute atomic E-state index is 10.6. The summed E-state index contributed by atoms with van der Waals surface area (Å²) < 4.78 is 0.713. The molecule has 0 unspecified atom stereocenters. The van der Waals surface area contributed by atoms with Gasteiger partial charge in [0.25, 0.3) is 0 Å². The SMILES string of the molecule is Cc1csc(N)[n+]1[O-]. The van der Waals surface area contributed by atoms with E-state index in [1.807, 2.05) is 0 Å². The van der Waals surface area contributed by atoms with Gasteiger partial charge in [-0.25, -0.2) is 4.73 Å². The lowest BCUT2D eigenvalue weighted by atomic mass is 10.6. The van der Waals surface area contributed by atoms with Crippen LogP contribution in [0.15, 0.2) is 5.38 Å². The Morgan fingerprint density at radius 3 is 2.62 bits per heavy atom. The summed E-state index contributed by atoms with van der Waals surface area (Å²) in [5.74, 6) is 0. The number of aromatic nitrogens is 1. The van der Waals surface area contributed by atoms with Crippen molar-refractivity contribution in [1.82, 2.24) is 0 Å². The van der Waals surface area contributed by atoms with Gasteiger partial charge in [-0.15, -0.1) is 0 Å². The number of nitrogens with two attached hydrogens (primary N) is 1. The van der Waals surface area contributed by atoms with Crippen molar-refractivity contribution < 1.29 is 4.73 Å². The van der Waals surface area contributed by atoms with Crippen molar-refractivity contribution >= 4 is 16.5 Å². The maximum Gasteiger partial charge on any atom is 0.334 e. The molecule has 1 rings (SSSR count). The van der Waals surface area contributed by atoms with Crippen LogP contribution in [-0.4, -0.2) is 0 Å². The molecule has 8 heavy (non-hydrogen) atoms. The summed E-state index contributed by atoms with van der Waals surface area (Å²) in [5.41, 5.74) is 5.87. The highest BCUT2D eigenvalue weighted by molar-refractivity contribution is 7.13. The number of thiazole rings is 1. The van der Waals surface area contributed by atoms with Gasteiger partial charge in [0.1, 0.15) is 5.69 Å². The molecule has 0 spiro atoms. The van der Waals surface area contributed by atoms with Gasteiger partial charge in [-0.3, -0.25) is 5.73 Å². The predicted molar refractivity (Wildman–Crippen MR) is 32.4 cm³/mol. The molecule has 0 amide bonds. The van der Waals surface area contributed by atoms with Gasteiger partial charge >= 0.3 is 5.13 Å². The zero-order valence-corrected chi connectivity index (χ0v) is 5.23. The third kappa shape index (κ3) is 0.626. The Kier molecular flexibility index (Phi) is 1.09. The van der Waals surface area contributed by atoms with Gasteiger partial charge in [-0.1, -0.05) is 11.3 Å². The van der Waals surface area contributed by atoms with E-state index in [1.54, 1.807) is 12.3 Å². The molecule has 0 aliphatic rings. The first kappa shape index (κ1) is 5.37. The Balaban J connectivity index is 3.19. The summed E-state index contributed by atoms with van der Waals surface area (Å²) in [6, 6.07) is 0. The summed E-state index contributed by atoms with van der Waals surface area (Å²) >= 11 is 1.26. The van der Waals surface area contributed by atoms with E-state index in [0.717, 1.165) is 0 Å². The number of nitrogens with zero attached hydrogens (tertiary/aromatic N) is 1. The number of hydrogen-bond acceptors (Lipinski definition) is 3. The Bertz CT molecular complexity index is 176. The minimum atomic E-state index is 0.308. The van der Waals surface area contributed by atoms with Crippen molar-refractivity contribution in [3.8, 4) is 0 Å². The van der Waals surface area contributed by atoms with E-state index in [9.17, 15) is 5.21 Å². The molecule has 1 aromatic rings. The smallest absolute Gasteiger partial charge is 0.334 e. The Morgan fingerprint density at radius 2 is 2.50 bits per heavy atom. The van der Waals surface area contributed by atoms with Crippen LogP contribution in [0.3, 0.4) is 0 Å². The van der Waals surface area contributed by atoms with Gasteiger partial charge in [0.05, 0.1) is 0 Å². The van der Waals surface area contributed by atoms with E-state index in [-0.39, 0.29) is 0 Å². The van der Waals surface area contributed by atoms with Gasteiger partial charge in [0.15, 0.2) is 0 Å². The lowest BCUT2D eigenvalue weighted by Crippen LogP contribution is -2.29. The van der Waals surface area contributed by atoms with Crippen LogP contribution in [0.5, 0.6) is 0 Å². The van der Waals surface area contributed by atoms with Crippen LogP contribution < -0.4 is 10.5 Å². The van der Waals surface area contributed by atoms with E-state index in [4.69, 9.17) is 5.73 Å². The number of rotatable bonds is 0. The third-order valence-electron chi connectivity index (χ3n) is 0.871. The minimum absolute atomic E-state index is 0.308. The second-order valence-corrected chi connectivity index (χ2v) is 2.40. The van der Waals surface area contributed by atoms with Crippen molar-refractivity contribution in [1.29, 1.82) is 0 Å². The van der Waals surface area contributed by atoms with Gasteiger partial charge in [-0.05, 0) is 6.92 Å². The molecule has 0 aromatic carbocycles. The van der Waals surface area contributed by atoms with Crippen LogP contribution in [0.2, 0.25) is 0 Å². The van der Waals surface area contributed by atoms with Crippen molar-refractivity contribution in [2.75, 3.05) is 5.73 Å². The van der Waals surface area contributed by atoms with Gasteiger partial charge in [-0.2, -0.15) is 0 Å². The summed E-state index contributed by atoms with van der Waals surface area (Å²) in [5, 5.41) is 12.6. The predicted octanol–water partition coefficient (Wildman–Crippen LogP) is 0.272. The van der Waals surface area contributed by atoms with Crippen LogP contribution in [0, 0.1) is 12.1 Å². The Hall–Kier alpha value is -0.770. The van der Waals surface area contributed by atoms with E-state index < -0.39 is 0 Å². The second kappa shape index (κ2) is 1.63. The Morgan fingerprint density at radius 1 is 1.88 bits per heavy atom. The molecule has 4 heteroatoms. The average molecular weight is 130 g/mol. The molecule has 0 fully saturated rings. The largest absolute Gasteiger partial charge is 0.710 e. The minimum Gasteiger partial charge on any atom is -0.710 e. The molecule has 1 aromatic heterocycles. The number of hydrogen-bond donors (Lipinski definition) is 1.